The van der Waals surface area contributed by atoms with Crippen LogP contribution >= 0.6 is 0 Å². The molecule has 1 aliphatic rings. The fourth-order valence-electron chi connectivity index (χ4n) is 1.88. The minimum absolute atomic E-state index is 0.0425. The second-order valence-electron chi connectivity index (χ2n) is 4.37. The molecule has 1 aromatic rings. The Hall–Kier alpha value is -1.38. The van der Waals surface area contributed by atoms with Crippen molar-refractivity contribution in [2.24, 2.45) is 0 Å². The summed E-state index contributed by atoms with van der Waals surface area (Å²) < 4.78 is 28.3. The van der Waals surface area contributed by atoms with E-state index in [0.717, 1.165) is 5.56 Å². The maximum absolute atomic E-state index is 12.4. The van der Waals surface area contributed by atoms with Crippen molar-refractivity contribution in [2.75, 3.05) is 13.2 Å². The molecule has 90 valence electrons. The highest BCUT2D eigenvalue weighted by Gasteiger charge is 2.52. The minimum atomic E-state index is -3.65. The molecule has 0 amide bonds. The van der Waals surface area contributed by atoms with Gasteiger partial charge in [-0.05, 0) is 25.5 Å². The molecule has 5 heteroatoms. The molecule has 0 unspecified atom stereocenters. The predicted octanol–water partition coefficient (Wildman–Crippen LogP) is 1.37. The van der Waals surface area contributed by atoms with Gasteiger partial charge < -0.3 is 4.74 Å². The largest absolute Gasteiger partial charge is 0.376 e. The molecule has 0 atom stereocenters. The van der Waals surface area contributed by atoms with Crippen molar-refractivity contribution in [3.8, 4) is 6.07 Å². The quantitative estimate of drug-likeness (QED) is 0.796. The average molecular weight is 251 g/mol. The normalized spacial score (nSPS) is 18.2. The highest BCUT2D eigenvalue weighted by atomic mass is 32.2. The second-order valence-corrected chi connectivity index (χ2v) is 6.60. The van der Waals surface area contributed by atoms with E-state index in [1.54, 1.807) is 25.1 Å². The Balaban J connectivity index is 2.57. The van der Waals surface area contributed by atoms with Crippen LogP contribution in [0.2, 0.25) is 0 Å². The van der Waals surface area contributed by atoms with E-state index < -0.39 is 14.6 Å². The standard InChI is InChI=1S/C12H13NO3S/c1-9-3-4-11(10(2)5-9)17(14,15)12(6-13)7-16-8-12/h3-5H,7-8H2,1-2H3. The molecule has 0 N–H and O–H groups in total. The number of nitriles is 1. The van der Waals surface area contributed by atoms with Crippen molar-refractivity contribution in [2.45, 2.75) is 23.5 Å². The molecular formula is C12H13NO3S. The van der Waals surface area contributed by atoms with Gasteiger partial charge in [-0.3, -0.25) is 0 Å². The molecule has 0 bridgehead atoms. The van der Waals surface area contributed by atoms with Crippen LogP contribution in [0.15, 0.2) is 23.1 Å². The Morgan fingerprint density at radius 1 is 1.35 bits per heavy atom. The van der Waals surface area contributed by atoms with E-state index in [9.17, 15) is 8.42 Å². The molecule has 0 radical (unpaired) electrons. The molecular weight excluding hydrogens is 238 g/mol. The fraction of sp³-hybridized carbons (Fsp3) is 0.417. The molecule has 2 rings (SSSR count). The van der Waals surface area contributed by atoms with Crippen LogP contribution in [-0.4, -0.2) is 26.4 Å². The zero-order valence-electron chi connectivity index (χ0n) is 9.73. The number of ether oxygens (including phenoxy) is 1. The third-order valence-electron chi connectivity index (χ3n) is 3.01. The first-order chi connectivity index (χ1) is 7.93. The van der Waals surface area contributed by atoms with E-state index in [1.165, 1.54) is 0 Å². The Morgan fingerprint density at radius 3 is 2.41 bits per heavy atom. The molecule has 0 spiro atoms. The van der Waals surface area contributed by atoms with Crippen molar-refractivity contribution in [1.29, 1.82) is 5.26 Å². The zero-order chi connectivity index (χ0) is 12.7. The van der Waals surface area contributed by atoms with Gasteiger partial charge >= 0.3 is 0 Å². The lowest BCUT2D eigenvalue weighted by Crippen LogP contribution is -2.54. The summed E-state index contributed by atoms with van der Waals surface area (Å²) in [7, 11) is -3.65. The smallest absolute Gasteiger partial charge is 0.208 e. The third-order valence-corrected chi connectivity index (χ3v) is 5.40. The van der Waals surface area contributed by atoms with Crippen LogP contribution in [0.25, 0.3) is 0 Å². The van der Waals surface area contributed by atoms with Crippen molar-refractivity contribution in [3.63, 3.8) is 0 Å². The maximum atomic E-state index is 12.4. The number of benzene rings is 1. The van der Waals surface area contributed by atoms with Gasteiger partial charge in [0.15, 0.2) is 0 Å². The van der Waals surface area contributed by atoms with Gasteiger partial charge in [-0.1, -0.05) is 17.7 Å². The highest BCUT2D eigenvalue weighted by Crippen LogP contribution is 2.33. The van der Waals surface area contributed by atoms with Gasteiger partial charge in [-0.25, -0.2) is 8.42 Å². The van der Waals surface area contributed by atoms with Crippen LogP contribution in [-0.2, 0) is 14.6 Å². The summed E-state index contributed by atoms with van der Waals surface area (Å²) in [5.74, 6) is 0. The lowest BCUT2D eigenvalue weighted by molar-refractivity contribution is 0.0115. The van der Waals surface area contributed by atoms with E-state index >= 15 is 0 Å². The number of rotatable bonds is 2. The van der Waals surface area contributed by atoms with Crippen LogP contribution in [0, 0.1) is 25.2 Å². The van der Waals surface area contributed by atoms with E-state index in [0.29, 0.717) is 5.56 Å². The van der Waals surface area contributed by atoms with E-state index in [2.05, 4.69) is 0 Å². The molecule has 17 heavy (non-hydrogen) atoms. The number of hydrogen-bond donors (Lipinski definition) is 0. The highest BCUT2D eigenvalue weighted by molar-refractivity contribution is 7.93. The first kappa shape index (κ1) is 12.1. The van der Waals surface area contributed by atoms with Gasteiger partial charge in [0, 0.05) is 0 Å². The van der Waals surface area contributed by atoms with Crippen molar-refractivity contribution in [3.05, 3.63) is 29.3 Å². The van der Waals surface area contributed by atoms with Crippen LogP contribution < -0.4 is 0 Å². The summed E-state index contributed by atoms with van der Waals surface area (Å²) in [6.45, 7) is 3.55. The van der Waals surface area contributed by atoms with Crippen LogP contribution in [0.4, 0.5) is 0 Å². The first-order valence-electron chi connectivity index (χ1n) is 5.24. The van der Waals surface area contributed by atoms with Gasteiger partial charge in [0.05, 0.1) is 24.2 Å². The lowest BCUT2D eigenvalue weighted by atomic mass is 10.1. The Labute approximate surface area is 101 Å². The van der Waals surface area contributed by atoms with Gasteiger partial charge in [0.1, 0.15) is 0 Å². The molecule has 1 aromatic carbocycles. The molecule has 1 fully saturated rings. The van der Waals surface area contributed by atoms with Gasteiger partial charge in [0.25, 0.3) is 0 Å². The van der Waals surface area contributed by atoms with Gasteiger partial charge in [-0.2, -0.15) is 5.26 Å². The first-order valence-corrected chi connectivity index (χ1v) is 6.72. The van der Waals surface area contributed by atoms with Crippen molar-refractivity contribution < 1.29 is 13.2 Å². The number of sulfone groups is 1. The number of hydrogen-bond acceptors (Lipinski definition) is 4. The molecule has 1 heterocycles. The summed E-state index contributed by atoms with van der Waals surface area (Å²) in [5, 5.41) is 9.07. The predicted molar refractivity (Wildman–Crippen MR) is 62.3 cm³/mol. The lowest BCUT2D eigenvalue weighted by Gasteiger charge is -2.34. The molecule has 0 saturated carbocycles. The maximum Gasteiger partial charge on any atom is 0.208 e. The van der Waals surface area contributed by atoms with Crippen molar-refractivity contribution in [1.82, 2.24) is 0 Å². The monoisotopic (exact) mass is 251 g/mol. The fourth-order valence-corrected chi connectivity index (χ4v) is 3.63. The summed E-state index contributed by atoms with van der Waals surface area (Å²) in [6.07, 6.45) is 0. The molecule has 0 aromatic heterocycles. The third kappa shape index (κ3) is 1.65. The molecule has 0 aliphatic carbocycles. The molecule has 1 aliphatic heterocycles. The van der Waals surface area contributed by atoms with Crippen molar-refractivity contribution >= 4 is 9.84 Å². The summed E-state index contributed by atoms with van der Waals surface area (Å²) in [5.41, 5.74) is 1.67. The van der Waals surface area contributed by atoms with Crippen LogP contribution in [0.3, 0.4) is 0 Å². The topological polar surface area (TPSA) is 67.2 Å². The Kier molecular flexibility index (Phi) is 2.72. The summed E-state index contributed by atoms with van der Waals surface area (Å²) in [4.78, 5) is 0.230. The zero-order valence-corrected chi connectivity index (χ0v) is 10.5. The van der Waals surface area contributed by atoms with Gasteiger partial charge in [0.2, 0.25) is 14.6 Å². The number of nitrogens with zero attached hydrogens (tertiary/aromatic N) is 1. The summed E-state index contributed by atoms with van der Waals surface area (Å²) >= 11 is 0. The van der Waals surface area contributed by atoms with E-state index in [-0.39, 0.29) is 18.1 Å². The Bertz CT molecular complexity index is 595. The second kappa shape index (κ2) is 3.83. The van der Waals surface area contributed by atoms with Gasteiger partial charge in [-0.15, -0.1) is 0 Å². The average Bonchev–Trinajstić information content (AvgIpc) is 2.15. The molecule has 4 nitrogen and oxygen atoms in total. The van der Waals surface area contributed by atoms with Crippen LogP contribution in [0.1, 0.15) is 11.1 Å². The molecule has 1 saturated heterocycles. The minimum Gasteiger partial charge on any atom is -0.376 e. The SMILES string of the molecule is Cc1ccc(S(=O)(=O)C2(C#N)COC2)c(C)c1. The number of aryl methyl sites for hydroxylation is 2. The van der Waals surface area contributed by atoms with E-state index in [1.807, 2.05) is 13.0 Å². The summed E-state index contributed by atoms with van der Waals surface area (Å²) in [6, 6.07) is 6.99. The van der Waals surface area contributed by atoms with Crippen LogP contribution in [0.5, 0.6) is 0 Å². The van der Waals surface area contributed by atoms with E-state index in [4.69, 9.17) is 10.00 Å². The Morgan fingerprint density at radius 2 is 2.00 bits per heavy atom.